The molecule has 0 spiro atoms. The number of aromatic nitrogens is 1. The third-order valence-corrected chi connectivity index (χ3v) is 8.49. The van der Waals surface area contributed by atoms with Gasteiger partial charge in [-0.1, -0.05) is 48.5 Å². The quantitative estimate of drug-likeness (QED) is 0.279. The normalized spacial score (nSPS) is 18.6. The Morgan fingerprint density at radius 3 is 2.33 bits per heavy atom. The van der Waals surface area contributed by atoms with Crippen molar-refractivity contribution < 1.29 is 14.0 Å². The van der Waals surface area contributed by atoms with Crippen molar-refractivity contribution in [2.45, 2.75) is 38.1 Å². The molecule has 200 valence electrons. The molecule has 4 aromatic rings. The first-order chi connectivity index (χ1) is 19.1. The van der Waals surface area contributed by atoms with Crippen molar-refractivity contribution in [2.75, 3.05) is 26.2 Å². The zero-order valence-electron chi connectivity index (χ0n) is 22.1. The molecule has 1 amide bonds. The van der Waals surface area contributed by atoms with Crippen LogP contribution in [0.3, 0.4) is 0 Å². The number of hydrogen-bond donors (Lipinski definition) is 1. The Balaban J connectivity index is 1.11. The standard InChI is InChI=1S/C33H34FN3O2/c34-26-14-12-24(13-15-26)32(38)25-16-20-36(21-17-25)22-18-27-9-6-19-37(27)33(39)31-30(23-7-2-1-3-8-23)28-10-4-5-11-29(28)35-31/h1-5,7-8,10-15,25,27,35H,6,9,16-22H2. The minimum absolute atomic E-state index is 0.00492. The topological polar surface area (TPSA) is 56.4 Å². The lowest BCUT2D eigenvalue weighted by Gasteiger charge is -2.33. The number of Topliss-reactive ketones (excluding diaryl/α,β-unsaturated/α-hetero) is 1. The molecule has 0 aliphatic carbocycles. The van der Waals surface area contributed by atoms with Crippen LogP contribution in [0.25, 0.3) is 22.0 Å². The van der Waals surface area contributed by atoms with Crippen molar-refractivity contribution in [3.05, 3.63) is 95.9 Å². The fourth-order valence-electron chi connectivity index (χ4n) is 6.35. The highest BCUT2D eigenvalue weighted by molar-refractivity contribution is 6.09. The van der Waals surface area contributed by atoms with Crippen LogP contribution in [0.15, 0.2) is 78.9 Å². The second-order valence-corrected chi connectivity index (χ2v) is 10.9. The molecule has 3 aromatic carbocycles. The predicted octanol–water partition coefficient (Wildman–Crippen LogP) is 6.56. The summed E-state index contributed by atoms with van der Waals surface area (Å²) in [5, 5.41) is 1.07. The summed E-state index contributed by atoms with van der Waals surface area (Å²) in [6.07, 6.45) is 4.61. The van der Waals surface area contributed by atoms with E-state index in [2.05, 4.69) is 33.0 Å². The highest BCUT2D eigenvalue weighted by Gasteiger charge is 2.33. The Labute approximate surface area is 228 Å². The van der Waals surface area contributed by atoms with Crippen LogP contribution in [-0.2, 0) is 0 Å². The van der Waals surface area contributed by atoms with Crippen LogP contribution in [0, 0.1) is 11.7 Å². The van der Waals surface area contributed by atoms with E-state index < -0.39 is 0 Å². The fraction of sp³-hybridized carbons (Fsp3) is 0.333. The van der Waals surface area contributed by atoms with Crippen LogP contribution in [0.1, 0.15) is 53.0 Å². The van der Waals surface area contributed by atoms with E-state index in [0.29, 0.717) is 11.3 Å². The van der Waals surface area contributed by atoms with Crippen molar-refractivity contribution in [1.29, 1.82) is 0 Å². The van der Waals surface area contributed by atoms with Crippen LogP contribution in [0.5, 0.6) is 0 Å². The van der Waals surface area contributed by atoms with Crippen LogP contribution >= 0.6 is 0 Å². The van der Waals surface area contributed by atoms with Crippen molar-refractivity contribution in [2.24, 2.45) is 5.92 Å². The summed E-state index contributed by atoms with van der Waals surface area (Å²) in [6, 6.07) is 24.4. The predicted molar refractivity (Wildman–Crippen MR) is 152 cm³/mol. The summed E-state index contributed by atoms with van der Waals surface area (Å²) in [7, 11) is 0. The van der Waals surface area contributed by atoms with Gasteiger partial charge in [0.05, 0.1) is 0 Å². The number of halogens is 1. The number of H-pyrrole nitrogens is 1. The summed E-state index contributed by atoms with van der Waals surface area (Å²) >= 11 is 0. The summed E-state index contributed by atoms with van der Waals surface area (Å²) in [5.74, 6) is -0.123. The number of nitrogens with zero attached hydrogens (tertiary/aromatic N) is 2. The average Bonchev–Trinajstić information content (AvgIpc) is 3.61. The van der Waals surface area contributed by atoms with Crippen LogP contribution in [0.4, 0.5) is 4.39 Å². The summed E-state index contributed by atoms with van der Waals surface area (Å²) in [6.45, 7) is 3.45. The Morgan fingerprint density at radius 1 is 0.846 bits per heavy atom. The Bertz CT molecular complexity index is 1460. The van der Waals surface area contributed by atoms with Crippen molar-refractivity contribution in [3.63, 3.8) is 0 Å². The summed E-state index contributed by atoms with van der Waals surface area (Å²) in [5.41, 5.74) is 4.28. The van der Waals surface area contributed by atoms with E-state index in [1.165, 1.54) is 12.1 Å². The van der Waals surface area contributed by atoms with Crippen molar-refractivity contribution in [3.8, 4) is 11.1 Å². The van der Waals surface area contributed by atoms with Gasteiger partial charge in [-0.05, 0) is 81.1 Å². The molecule has 2 aliphatic rings. The number of carbonyl (C=O) groups is 2. The van der Waals surface area contributed by atoms with E-state index >= 15 is 0 Å². The highest BCUT2D eigenvalue weighted by atomic mass is 19.1. The van der Waals surface area contributed by atoms with E-state index in [4.69, 9.17) is 0 Å². The van der Waals surface area contributed by atoms with Gasteiger partial charge in [-0.3, -0.25) is 9.59 Å². The van der Waals surface area contributed by atoms with Gasteiger partial charge >= 0.3 is 0 Å². The molecule has 3 heterocycles. The molecule has 39 heavy (non-hydrogen) atoms. The molecule has 5 nitrogen and oxygen atoms in total. The van der Waals surface area contributed by atoms with Crippen molar-refractivity contribution >= 4 is 22.6 Å². The summed E-state index contributed by atoms with van der Waals surface area (Å²) in [4.78, 5) is 34.7. The molecule has 2 saturated heterocycles. The maximum absolute atomic E-state index is 14.0. The van der Waals surface area contributed by atoms with Gasteiger partial charge in [-0.2, -0.15) is 0 Å². The molecule has 1 N–H and O–H groups in total. The molecule has 0 radical (unpaired) electrons. The van der Waals surface area contributed by atoms with Crippen molar-refractivity contribution in [1.82, 2.24) is 14.8 Å². The van der Waals surface area contributed by atoms with E-state index in [-0.39, 0.29) is 29.5 Å². The molecular weight excluding hydrogens is 489 g/mol. The van der Waals surface area contributed by atoms with Gasteiger partial charge in [0.1, 0.15) is 11.5 Å². The SMILES string of the molecule is O=C(c1ccc(F)cc1)C1CCN(CCC2CCCN2C(=O)c2[nH]c3ccccc3c2-c2ccccc2)CC1. The molecule has 0 saturated carbocycles. The molecule has 6 heteroatoms. The maximum atomic E-state index is 14.0. The number of hydrogen-bond acceptors (Lipinski definition) is 3. The lowest BCUT2D eigenvalue weighted by Crippen LogP contribution is -2.41. The highest BCUT2D eigenvalue weighted by Crippen LogP contribution is 2.35. The first-order valence-electron chi connectivity index (χ1n) is 14.1. The van der Waals surface area contributed by atoms with E-state index in [9.17, 15) is 14.0 Å². The minimum atomic E-state index is -0.318. The Kier molecular flexibility index (Phi) is 7.29. The van der Waals surface area contributed by atoms with Gasteiger partial charge in [-0.25, -0.2) is 4.39 Å². The first kappa shape index (κ1) is 25.5. The van der Waals surface area contributed by atoms with E-state index in [0.717, 1.165) is 80.3 Å². The zero-order valence-corrected chi connectivity index (χ0v) is 22.1. The smallest absolute Gasteiger partial charge is 0.271 e. The third-order valence-electron chi connectivity index (χ3n) is 8.49. The molecular formula is C33H34FN3O2. The monoisotopic (exact) mass is 523 g/mol. The number of ketones is 1. The van der Waals surface area contributed by atoms with E-state index in [1.807, 2.05) is 36.4 Å². The Morgan fingerprint density at radius 2 is 1.56 bits per heavy atom. The average molecular weight is 524 g/mol. The Hall–Kier alpha value is -3.77. The van der Waals surface area contributed by atoms with Gasteiger partial charge in [0.2, 0.25) is 0 Å². The summed E-state index contributed by atoms with van der Waals surface area (Å²) < 4.78 is 13.2. The van der Waals surface area contributed by atoms with Gasteiger partial charge < -0.3 is 14.8 Å². The molecule has 1 aromatic heterocycles. The number of fused-ring (bicyclic) bond motifs is 1. The molecule has 6 rings (SSSR count). The second-order valence-electron chi connectivity index (χ2n) is 10.9. The first-order valence-corrected chi connectivity index (χ1v) is 14.1. The fourth-order valence-corrected chi connectivity index (χ4v) is 6.35. The number of benzene rings is 3. The van der Waals surface area contributed by atoms with Crippen LogP contribution in [0.2, 0.25) is 0 Å². The van der Waals surface area contributed by atoms with Gasteiger partial charge in [-0.15, -0.1) is 0 Å². The maximum Gasteiger partial charge on any atom is 0.271 e. The second kappa shape index (κ2) is 11.1. The molecule has 2 fully saturated rings. The number of carbonyl (C=O) groups excluding carboxylic acids is 2. The number of likely N-dealkylation sites (tertiary alicyclic amines) is 2. The number of amides is 1. The molecule has 2 aliphatic heterocycles. The molecule has 1 atom stereocenters. The number of para-hydroxylation sites is 1. The van der Waals surface area contributed by atoms with Gasteiger partial charge in [0, 0.05) is 47.1 Å². The number of nitrogens with one attached hydrogen (secondary N) is 1. The third kappa shape index (κ3) is 5.26. The minimum Gasteiger partial charge on any atom is -0.350 e. The molecule has 0 bridgehead atoms. The number of aromatic amines is 1. The van der Waals surface area contributed by atoms with E-state index in [1.54, 1.807) is 12.1 Å². The lowest BCUT2D eigenvalue weighted by molar-refractivity contribution is 0.0701. The van der Waals surface area contributed by atoms with Gasteiger partial charge in [0.15, 0.2) is 5.78 Å². The number of piperidine rings is 1. The number of rotatable bonds is 7. The largest absolute Gasteiger partial charge is 0.350 e. The lowest BCUT2D eigenvalue weighted by atomic mass is 9.88. The zero-order chi connectivity index (χ0) is 26.8. The molecule has 1 unspecified atom stereocenters. The van der Waals surface area contributed by atoms with Gasteiger partial charge in [0.25, 0.3) is 5.91 Å². The van der Waals surface area contributed by atoms with Crippen LogP contribution in [-0.4, -0.2) is 58.7 Å². The van der Waals surface area contributed by atoms with Crippen LogP contribution < -0.4 is 0 Å².